The van der Waals surface area contributed by atoms with Gasteiger partial charge < -0.3 is 15.0 Å². The molecule has 0 N–H and O–H groups in total. The van der Waals surface area contributed by atoms with Gasteiger partial charge in [0.15, 0.2) is 29.1 Å². The van der Waals surface area contributed by atoms with Crippen molar-refractivity contribution >= 4 is 0 Å². The summed E-state index contributed by atoms with van der Waals surface area (Å²) >= 11 is 0. The quantitative estimate of drug-likeness (QED) is 0.130. The Bertz CT molecular complexity index is 3690. The van der Waals surface area contributed by atoms with Crippen LogP contribution < -0.4 is 0 Å². The van der Waals surface area contributed by atoms with E-state index in [-0.39, 0.29) is 41.8 Å². The molecular formula is C79H74IrN9. The number of hydrogen-bond acceptors (Lipinski definition) is 9. The molecule has 0 spiro atoms. The second kappa shape index (κ2) is 27.8. The maximum atomic E-state index is 5.01. The topological polar surface area (TPSA) is 116 Å². The molecule has 0 fully saturated rings. The van der Waals surface area contributed by atoms with Gasteiger partial charge in [-0.15, -0.1) is 102 Å². The van der Waals surface area contributed by atoms with Crippen LogP contribution in [0.2, 0.25) is 0 Å². The summed E-state index contributed by atoms with van der Waals surface area (Å²) in [5, 5.41) is 0. The molecule has 89 heavy (non-hydrogen) atoms. The fourth-order valence-electron chi connectivity index (χ4n) is 9.56. The van der Waals surface area contributed by atoms with Crippen molar-refractivity contribution in [2.75, 3.05) is 0 Å². The van der Waals surface area contributed by atoms with E-state index in [1.165, 1.54) is 22.3 Å². The monoisotopic (exact) mass is 1340 g/mol. The molecule has 12 rings (SSSR count). The van der Waals surface area contributed by atoms with E-state index in [0.717, 1.165) is 67.2 Å². The summed E-state index contributed by atoms with van der Waals surface area (Å²) in [6, 6.07) is 81.1. The number of hydrogen-bond donors (Lipinski definition) is 0. The van der Waals surface area contributed by atoms with Crippen molar-refractivity contribution < 1.29 is 20.1 Å². The Hall–Kier alpha value is -9.34. The van der Waals surface area contributed by atoms with Crippen molar-refractivity contribution in [1.29, 1.82) is 0 Å². The molecule has 12 aromatic rings. The molecule has 0 unspecified atom stereocenters. The molecule has 0 saturated carbocycles. The number of rotatable bonds is 9. The van der Waals surface area contributed by atoms with Crippen LogP contribution in [0, 0.1) is 18.2 Å². The van der Waals surface area contributed by atoms with Gasteiger partial charge >= 0.3 is 20.1 Å². The van der Waals surface area contributed by atoms with Gasteiger partial charge in [0, 0.05) is 46.4 Å². The molecular weight excluding hydrogens is 1270 g/mol. The van der Waals surface area contributed by atoms with E-state index in [2.05, 4.69) is 208 Å². The zero-order valence-electron chi connectivity index (χ0n) is 52.8. The van der Waals surface area contributed by atoms with Crippen LogP contribution in [-0.4, -0.2) is 44.9 Å². The molecule has 0 amide bonds. The smallest absolute Gasteiger partial charge is 0.305 e. The first-order valence-electron chi connectivity index (χ1n) is 29.8. The normalized spacial score (nSPS) is 11.5. The molecule has 0 bridgehead atoms. The van der Waals surface area contributed by atoms with E-state index < -0.39 is 0 Å². The maximum Gasteiger partial charge on any atom is 3.00 e. The van der Waals surface area contributed by atoms with Gasteiger partial charge in [0.25, 0.3) is 0 Å². The van der Waals surface area contributed by atoms with Crippen LogP contribution in [0.4, 0.5) is 0 Å². The molecule has 5 heterocycles. The van der Waals surface area contributed by atoms with Gasteiger partial charge in [0.2, 0.25) is 0 Å². The molecule has 0 atom stereocenters. The Kier molecular flexibility index (Phi) is 20.0. The number of aromatic nitrogens is 9. The summed E-state index contributed by atoms with van der Waals surface area (Å²) < 4.78 is 0. The van der Waals surface area contributed by atoms with Crippen molar-refractivity contribution in [2.45, 2.75) is 105 Å². The zero-order valence-corrected chi connectivity index (χ0v) is 55.2. The molecule has 7 aromatic carbocycles. The number of benzene rings is 7. The third kappa shape index (κ3) is 16.6. The predicted octanol–water partition coefficient (Wildman–Crippen LogP) is 19.2. The third-order valence-electron chi connectivity index (χ3n) is 15.0. The van der Waals surface area contributed by atoms with Crippen molar-refractivity contribution in [3.8, 4) is 102 Å². The Morgan fingerprint density at radius 3 is 0.820 bits per heavy atom. The molecule has 10 heteroatoms. The summed E-state index contributed by atoms with van der Waals surface area (Å²) in [5.41, 5.74) is 16.1. The van der Waals surface area contributed by atoms with Gasteiger partial charge in [0.1, 0.15) is 5.82 Å². The average Bonchev–Trinajstić information content (AvgIpc) is 2.74. The van der Waals surface area contributed by atoms with Crippen LogP contribution >= 0.6 is 0 Å². The number of nitrogens with zero attached hydrogens (tertiary/aromatic N) is 9. The standard InChI is InChI=1S/C57H58N7.2C11H8N.Ir/c1-54(2,3)43-26-17-38(18-27-43)49-59-48(60-50(61-49)39-19-28-44(29-20-39)55(4,5)6)37-15-13-36(14-16-37)47-34-25-42(35-58-47)53-63-51(40-21-30-45(31-22-40)56(7,8)9)62-52(64-53)41-23-32-46(33-24-41)57(10,11)12;2*1-2-6-10(7-3-1)11-8-4-5-9-12-11;/h13,15-35H,1-12H3;2*1-6,8-9H;/q3*-1;+3. The van der Waals surface area contributed by atoms with E-state index in [0.29, 0.717) is 34.9 Å². The molecule has 0 aliphatic carbocycles. The van der Waals surface area contributed by atoms with Crippen LogP contribution in [-0.2, 0) is 41.8 Å². The second-order valence-electron chi connectivity index (χ2n) is 25.8. The van der Waals surface area contributed by atoms with Crippen LogP contribution in [0.15, 0.2) is 231 Å². The molecule has 0 saturated heterocycles. The summed E-state index contributed by atoms with van der Waals surface area (Å²) in [6.45, 7) is 26.6. The first-order chi connectivity index (χ1) is 42.1. The predicted molar refractivity (Wildman–Crippen MR) is 360 cm³/mol. The van der Waals surface area contributed by atoms with Gasteiger partial charge in [0.05, 0.1) is 0 Å². The SMILES string of the molecule is CC(C)(C)c1ccc(-c2nc(-c3c[c-]c(-c4ccc(-c5nc(-c6ccc(C(C)(C)C)cc6)nc(-c6ccc(C(C)(C)C)cc6)n5)cn4)cc3)nc(-c3ccc(C(C)(C)C)cc3)n2)cc1.[Ir+3].[c-]1ccccc1-c1ccccn1.[c-]1ccccc1-c1ccccn1. The Morgan fingerprint density at radius 1 is 0.258 bits per heavy atom. The Balaban J connectivity index is 0.000000308. The molecule has 5 aromatic heterocycles. The van der Waals surface area contributed by atoms with E-state index in [1.54, 1.807) is 12.4 Å². The fraction of sp³-hybridized carbons (Fsp3) is 0.203. The molecule has 444 valence electrons. The van der Waals surface area contributed by atoms with Gasteiger partial charge in [-0.3, -0.25) is 0 Å². The summed E-state index contributed by atoms with van der Waals surface area (Å²) in [6.07, 6.45) is 5.40. The first kappa shape index (κ1) is 64.1. The average molecular weight is 1340 g/mol. The van der Waals surface area contributed by atoms with Gasteiger partial charge in [-0.1, -0.05) is 222 Å². The van der Waals surface area contributed by atoms with Crippen molar-refractivity contribution in [2.24, 2.45) is 0 Å². The summed E-state index contributed by atoms with van der Waals surface area (Å²) in [7, 11) is 0. The molecule has 0 aliphatic rings. The van der Waals surface area contributed by atoms with E-state index in [4.69, 9.17) is 34.9 Å². The Labute approximate surface area is 539 Å². The first-order valence-corrected chi connectivity index (χ1v) is 29.8. The molecule has 0 aliphatic heterocycles. The van der Waals surface area contributed by atoms with Crippen molar-refractivity contribution in [3.63, 3.8) is 0 Å². The minimum Gasteiger partial charge on any atom is -0.305 e. The van der Waals surface area contributed by atoms with Crippen LogP contribution in [0.5, 0.6) is 0 Å². The second-order valence-corrected chi connectivity index (χ2v) is 25.8. The number of pyridine rings is 3. The minimum atomic E-state index is 0. The van der Waals surface area contributed by atoms with Crippen molar-refractivity contribution in [3.05, 3.63) is 271 Å². The van der Waals surface area contributed by atoms with E-state index in [1.807, 2.05) is 121 Å². The van der Waals surface area contributed by atoms with Crippen LogP contribution in [0.25, 0.3) is 102 Å². The zero-order chi connectivity index (χ0) is 62.1. The van der Waals surface area contributed by atoms with Gasteiger partial charge in [-0.25, -0.2) is 29.9 Å². The Morgan fingerprint density at radius 2 is 0.551 bits per heavy atom. The summed E-state index contributed by atoms with van der Waals surface area (Å²) in [4.78, 5) is 43.3. The maximum absolute atomic E-state index is 5.01. The van der Waals surface area contributed by atoms with Crippen molar-refractivity contribution in [1.82, 2.24) is 44.9 Å². The third-order valence-corrected chi connectivity index (χ3v) is 15.0. The largest absolute Gasteiger partial charge is 3.00 e. The summed E-state index contributed by atoms with van der Waals surface area (Å²) in [5.74, 6) is 3.60. The van der Waals surface area contributed by atoms with Gasteiger partial charge in [-0.2, -0.15) is 0 Å². The fourth-order valence-corrected chi connectivity index (χ4v) is 9.56. The van der Waals surface area contributed by atoms with E-state index in [9.17, 15) is 0 Å². The van der Waals surface area contributed by atoms with E-state index >= 15 is 0 Å². The molecule has 9 nitrogen and oxygen atoms in total. The minimum absolute atomic E-state index is 0. The van der Waals surface area contributed by atoms with Crippen LogP contribution in [0.3, 0.4) is 0 Å². The van der Waals surface area contributed by atoms with Crippen LogP contribution in [0.1, 0.15) is 105 Å². The van der Waals surface area contributed by atoms with Gasteiger partial charge in [-0.05, 0) is 73.1 Å². The molecule has 0 radical (unpaired) electrons.